The third-order valence-electron chi connectivity index (χ3n) is 2.40. The van der Waals surface area contributed by atoms with E-state index >= 15 is 0 Å². The molecule has 0 aliphatic heterocycles. The van der Waals surface area contributed by atoms with E-state index in [0.717, 1.165) is 12.2 Å². The fourth-order valence-corrected chi connectivity index (χ4v) is 1.55. The van der Waals surface area contributed by atoms with Gasteiger partial charge in [-0.05, 0) is 30.7 Å². The van der Waals surface area contributed by atoms with Crippen LogP contribution in [-0.4, -0.2) is 21.6 Å². The standard InChI is InChI=1S/C14H15N3O2S/c1-2-7-18-10-3-5-11(6-4-10)19-13-9-16-12(8-17-13)14(15)20/h3-6,8-9H,2,7H2,1H3,(H2,15,20). The van der Waals surface area contributed by atoms with Gasteiger partial charge in [-0.25, -0.2) is 9.97 Å². The molecule has 0 saturated carbocycles. The van der Waals surface area contributed by atoms with Gasteiger partial charge in [-0.3, -0.25) is 0 Å². The lowest BCUT2D eigenvalue weighted by molar-refractivity contribution is 0.317. The summed E-state index contributed by atoms with van der Waals surface area (Å²) >= 11 is 4.80. The predicted octanol–water partition coefficient (Wildman–Crippen LogP) is 2.69. The maximum Gasteiger partial charge on any atom is 0.237 e. The zero-order chi connectivity index (χ0) is 14.4. The van der Waals surface area contributed by atoms with Crippen LogP contribution in [0.1, 0.15) is 19.0 Å². The smallest absolute Gasteiger partial charge is 0.237 e. The monoisotopic (exact) mass is 289 g/mol. The van der Waals surface area contributed by atoms with E-state index in [1.807, 2.05) is 24.3 Å². The number of ether oxygens (including phenoxy) is 2. The lowest BCUT2D eigenvalue weighted by Gasteiger charge is -2.07. The van der Waals surface area contributed by atoms with Gasteiger partial charge in [-0.1, -0.05) is 19.1 Å². The van der Waals surface area contributed by atoms with E-state index in [9.17, 15) is 0 Å². The van der Waals surface area contributed by atoms with E-state index in [4.69, 9.17) is 27.4 Å². The molecule has 1 aromatic carbocycles. The zero-order valence-corrected chi connectivity index (χ0v) is 11.9. The molecule has 2 rings (SSSR count). The molecule has 2 aromatic rings. The molecule has 1 aromatic heterocycles. The van der Waals surface area contributed by atoms with E-state index in [0.29, 0.717) is 23.9 Å². The summed E-state index contributed by atoms with van der Waals surface area (Å²) in [5.74, 6) is 1.85. The first-order chi connectivity index (χ1) is 9.69. The van der Waals surface area contributed by atoms with Crippen molar-refractivity contribution in [2.75, 3.05) is 6.61 Å². The molecule has 0 radical (unpaired) electrons. The number of nitrogens with zero attached hydrogens (tertiary/aromatic N) is 2. The normalized spacial score (nSPS) is 10.1. The summed E-state index contributed by atoms with van der Waals surface area (Å²) in [7, 11) is 0. The quantitative estimate of drug-likeness (QED) is 0.824. The first-order valence-corrected chi connectivity index (χ1v) is 6.62. The molecule has 0 spiro atoms. The first-order valence-electron chi connectivity index (χ1n) is 6.21. The second-order valence-corrected chi connectivity index (χ2v) is 4.47. The SMILES string of the molecule is CCCOc1ccc(Oc2cnc(C(N)=S)cn2)cc1. The molecule has 5 nitrogen and oxygen atoms in total. The number of hydrogen-bond acceptors (Lipinski definition) is 5. The van der Waals surface area contributed by atoms with Crippen molar-refractivity contribution >= 4 is 17.2 Å². The predicted molar refractivity (Wildman–Crippen MR) is 80.2 cm³/mol. The molecule has 20 heavy (non-hydrogen) atoms. The molecular weight excluding hydrogens is 274 g/mol. The van der Waals surface area contributed by atoms with E-state index in [1.165, 1.54) is 12.4 Å². The summed E-state index contributed by atoms with van der Waals surface area (Å²) in [6.45, 7) is 2.76. The summed E-state index contributed by atoms with van der Waals surface area (Å²) < 4.78 is 11.0. The summed E-state index contributed by atoms with van der Waals surface area (Å²) in [5, 5.41) is 0. The van der Waals surface area contributed by atoms with Crippen LogP contribution in [0.25, 0.3) is 0 Å². The van der Waals surface area contributed by atoms with Crippen LogP contribution in [0, 0.1) is 0 Å². The van der Waals surface area contributed by atoms with Gasteiger partial charge < -0.3 is 15.2 Å². The summed E-state index contributed by atoms with van der Waals surface area (Å²) in [6.07, 6.45) is 3.94. The largest absolute Gasteiger partial charge is 0.494 e. The fourth-order valence-electron chi connectivity index (χ4n) is 1.44. The Hall–Kier alpha value is -2.21. The third-order valence-corrected chi connectivity index (χ3v) is 2.61. The van der Waals surface area contributed by atoms with Crippen LogP contribution in [0.15, 0.2) is 36.7 Å². The van der Waals surface area contributed by atoms with Gasteiger partial charge in [0, 0.05) is 0 Å². The van der Waals surface area contributed by atoms with Crippen molar-refractivity contribution in [2.24, 2.45) is 5.73 Å². The van der Waals surface area contributed by atoms with Crippen LogP contribution in [0.3, 0.4) is 0 Å². The van der Waals surface area contributed by atoms with Gasteiger partial charge in [0.2, 0.25) is 5.88 Å². The summed E-state index contributed by atoms with van der Waals surface area (Å²) in [4.78, 5) is 8.35. The molecule has 6 heteroatoms. The molecule has 0 amide bonds. The van der Waals surface area contributed by atoms with Crippen molar-refractivity contribution < 1.29 is 9.47 Å². The minimum absolute atomic E-state index is 0.210. The van der Waals surface area contributed by atoms with Gasteiger partial charge in [0.05, 0.1) is 19.0 Å². The van der Waals surface area contributed by atoms with Crippen LogP contribution in [0.4, 0.5) is 0 Å². The molecule has 104 valence electrons. The van der Waals surface area contributed by atoms with Gasteiger partial charge in [0.25, 0.3) is 0 Å². The molecule has 0 bridgehead atoms. The average Bonchev–Trinajstić information content (AvgIpc) is 2.47. The minimum atomic E-state index is 0.210. The Bertz CT molecular complexity index is 570. The number of aromatic nitrogens is 2. The molecule has 1 heterocycles. The average molecular weight is 289 g/mol. The van der Waals surface area contributed by atoms with Crippen molar-refractivity contribution in [2.45, 2.75) is 13.3 Å². The third kappa shape index (κ3) is 3.89. The van der Waals surface area contributed by atoms with Gasteiger partial charge in [0.1, 0.15) is 22.2 Å². The van der Waals surface area contributed by atoms with Crippen LogP contribution in [0.5, 0.6) is 17.4 Å². The number of thiocarbonyl (C=S) groups is 1. The minimum Gasteiger partial charge on any atom is -0.494 e. The molecule has 0 fully saturated rings. The molecule has 0 aliphatic rings. The van der Waals surface area contributed by atoms with Crippen molar-refractivity contribution in [3.8, 4) is 17.4 Å². The molecular formula is C14H15N3O2S. The van der Waals surface area contributed by atoms with Gasteiger partial charge >= 0.3 is 0 Å². The van der Waals surface area contributed by atoms with Crippen LogP contribution >= 0.6 is 12.2 Å². The van der Waals surface area contributed by atoms with Crippen molar-refractivity contribution in [3.63, 3.8) is 0 Å². The van der Waals surface area contributed by atoms with Crippen LogP contribution in [-0.2, 0) is 0 Å². The summed E-state index contributed by atoms with van der Waals surface area (Å²) in [5.41, 5.74) is 5.92. The lowest BCUT2D eigenvalue weighted by Crippen LogP contribution is -2.11. The zero-order valence-electron chi connectivity index (χ0n) is 11.1. The van der Waals surface area contributed by atoms with E-state index in [1.54, 1.807) is 0 Å². The van der Waals surface area contributed by atoms with E-state index in [2.05, 4.69) is 16.9 Å². The topological polar surface area (TPSA) is 70.3 Å². The Morgan fingerprint density at radius 2 is 1.85 bits per heavy atom. The maximum absolute atomic E-state index is 5.56. The fraction of sp³-hybridized carbons (Fsp3) is 0.214. The molecule has 0 unspecified atom stereocenters. The number of nitrogens with two attached hydrogens (primary N) is 1. The Balaban J connectivity index is 2.00. The maximum atomic E-state index is 5.56. The number of rotatable bonds is 6. The highest BCUT2D eigenvalue weighted by atomic mass is 32.1. The second kappa shape index (κ2) is 6.81. The Morgan fingerprint density at radius 3 is 2.40 bits per heavy atom. The molecule has 0 atom stereocenters. The highest BCUT2D eigenvalue weighted by Crippen LogP contribution is 2.22. The number of hydrogen-bond donors (Lipinski definition) is 1. The molecule has 0 saturated heterocycles. The van der Waals surface area contributed by atoms with Crippen molar-refractivity contribution in [3.05, 3.63) is 42.4 Å². The van der Waals surface area contributed by atoms with Crippen molar-refractivity contribution in [1.82, 2.24) is 9.97 Å². The first kappa shape index (κ1) is 14.2. The van der Waals surface area contributed by atoms with Gasteiger partial charge in [0.15, 0.2) is 0 Å². The second-order valence-electron chi connectivity index (χ2n) is 4.03. The van der Waals surface area contributed by atoms with Crippen LogP contribution in [0.2, 0.25) is 0 Å². The van der Waals surface area contributed by atoms with Gasteiger partial charge in [-0.15, -0.1) is 0 Å². The van der Waals surface area contributed by atoms with Crippen molar-refractivity contribution in [1.29, 1.82) is 0 Å². The highest BCUT2D eigenvalue weighted by Gasteiger charge is 2.02. The lowest BCUT2D eigenvalue weighted by atomic mass is 10.3. The van der Waals surface area contributed by atoms with Gasteiger partial charge in [-0.2, -0.15) is 0 Å². The molecule has 2 N–H and O–H groups in total. The Labute approximate surface area is 122 Å². The Morgan fingerprint density at radius 1 is 1.15 bits per heavy atom. The Kier molecular flexibility index (Phi) is 4.84. The van der Waals surface area contributed by atoms with E-state index in [-0.39, 0.29) is 4.99 Å². The van der Waals surface area contributed by atoms with E-state index < -0.39 is 0 Å². The highest BCUT2D eigenvalue weighted by molar-refractivity contribution is 7.80. The van der Waals surface area contributed by atoms with Crippen LogP contribution < -0.4 is 15.2 Å². The molecule has 0 aliphatic carbocycles. The summed E-state index contributed by atoms with van der Waals surface area (Å²) in [6, 6.07) is 7.33. The number of benzene rings is 1.